The minimum absolute atomic E-state index is 0.560. The van der Waals surface area contributed by atoms with Gasteiger partial charge in [-0.25, -0.2) is 0 Å². The summed E-state index contributed by atoms with van der Waals surface area (Å²) in [7, 11) is 11.3. The van der Waals surface area contributed by atoms with Crippen LogP contribution in [0.2, 0.25) is 0 Å². The summed E-state index contributed by atoms with van der Waals surface area (Å²) in [4.78, 5) is 0. The quantitative estimate of drug-likeness (QED) is 0.726. The average molecular weight is 260 g/mol. The van der Waals surface area contributed by atoms with Gasteiger partial charge in [0, 0.05) is 0 Å². The zero-order valence-corrected chi connectivity index (χ0v) is 13.2. The fraction of sp³-hybridized carbons (Fsp3) is 1.00. The molecule has 0 unspecified atom stereocenters. The van der Waals surface area contributed by atoms with Crippen LogP contribution in [0.4, 0.5) is 0 Å². The lowest BCUT2D eigenvalue weighted by atomic mass is 9.97. The maximum absolute atomic E-state index is 5.25. The fourth-order valence-corrected chi connectivity index (χ4v) is 6.23. The molecule has 1 aliphatic carbocycles. The predicted octanol–water partition coefficient (Wildman–Crippen LogP) is 2.95. The highest BCUT2D eigenvalue weighted by molar-refractivity contribution is 7.59. The third-order valence-corrected chi connectivity index (χ3v) is 7.36. The molecule has 0 atom stereocenters. The van der Waals surface area contributed by atoms with E-state index in [0.717, 1.165) is 0 Å². The molecule has 0 aliphatic heterocycles. The maximum Gasteiger partial charge on any atom is 0.166 e. The van der Waals surface area contributed by atoms with Gasteiger partial charge in [-0.05, 0) is 55.1 Å². The van der Waals surface area contributed by atoms with Gasteiger partial charge in [-0.3, -0.25) is 18.8 Å². The van der Waals surface area contributed by atoms with E-state index < -0.39 is 7.51 Å². The normalized spacial score (nSPS) is 19.4. The molecule has 1 saturated carbocycles. The van der Waals surface area contributed by atoms with Crippen molar-refractivity contribution in [3.8, 4) is 0 Å². The molecule has 0 aromatic carbocycles. The monoisotopic (exact) mass is 260 g/mol. The molecule has 5 heteroatoms. The van der Waals surface area contributed by atoms with Gasteiger partial charge in [0.05, 0.1) is 6.04 Å². The van der Waals surface area contributed by atoms with Crippen LogP contribution in [0.15, 0.2) is 4.74 Å². The summed E-state index contributed by atoms with van der Waals surface area (Å²) in [6, 6.07) is 0.560. The van der Waals surface area contributed by atoms with Gasteiger partial charge in [-0.2, -0.15) is 0 Å². The van der Waals surface area contributed by atoms with Crippen LogP contribution in [0.5, 0.6) is 0 Å². The van der Waals surface area contributed by atoms with E-state index in [1.165, 1.54) is 32.1 Å². The highest BCUT2D eigenvalue weighted by Gasteiger charge is 2.30. The van der Waals surface area contributed by atoms with E-state index in [1.54, 1.807) is 0 Å². The zero-order valence-electron chi connectivity index (χ0n) is 12.3. The summed E-state index contributed by atoms with van der Waals surface area (Å²) in [5, 5.41) is 0. The molecule has 1 rings (SSSR count). The first-order chi connectivity index (χ1) is 7.91. The van der Waals surface area contributed by atoms with Crippen molar-refractivity contribution in [2.45, 2.75) is 38.1 Å². The molecule has 0 bridgehead atoms. The summed E-state index contributed by atoms with van der Waals surface area (Å²) >= 11 is 0. The van der Waals surface area contributed by atoms with E-state index in [4.69, 9.17) is 4.74 Å². The van der Waals surface area contributed by atoms with Gasteiger partial charge in [-0.1, -0.05) is 19.3 Å². The highest BCUT2D eigenvalue weighted by atomic mass is 31.2. The van der Waals surface area contributed by atoms with E-state index in [-0.39, 0.29) is 0 Å². The molecule has 1 fully saturated rings. The first kappa shape index (κ1) is 15.2. The van der Waals surface area contributed by atoms with Crippen LogP contribution < -0.4 is 0 Å². The van der Waals surface area contributed by atoms with E-state index in [1.807, 2.05) is 0 Å². The lowest BCUT2D eigenvalue weighted by Gasteiger charge is -2.42. The summed E-state index contributed by atoms with van der Waals surface area (Å²) in [6.45, 7) is 0. The third kappa shape index (κ3) is 3.31. The first-order valence-electron chi connectivity index (χ1n) is 6.56. The van der Waals surface area contributed by atoms with Crippen LogP contribution in [0.25, 0.3) is 0 Å². The standard InChI is InChI=1S/C12H29N4P/c1-14(2)17(15(3)4,16(5)6)13-12-10-8-7-9-11-12/h12H,7-11H2,1-6H3. The van der Waals surface area contributed by atoms with E-state index in [0.29, 0.717) is 6.04 Å². The number of rotatable bonds is 4. The van der Waals surface area contributed by atoms with Crippen molar-refractivity contribution in [1.82, 2.24) is 14.0 Å². The summed E-state index contributed by atoms with van der Waals surface area (Å²) < 4.78 is 12.2. The van der Waals surface area contributed by atoms with Crippen LogP contribution in [-0.4, -0.2) is 62.3 Å². The van der Waals surface area contributed by atoms with E-state index in [2.05, 4.69) is 56.3 Å². The molecule has 0 radical (unpaired) electrons. The van der Waals surface area contributed by atoms with Crippen LogP contribution in [0.1, 0.15) is 32.1 Å². The predicted molar refractivity (Wildman–Crippen MR) is 77.3 cm³/mol. The molecule has 0 heterocycles. The molecule has 0 saturated heterocycles. The smallest absolute Gasteiger partial charge is 0.166 e. The number of hydrogen-bond donors (Lipinski definition) is 0. The molecule has 0 N–H and O–H groups in total. The molecule has 0 aromatic rings. The van der Waals surface area contributed by atoms with Crippen LogP contribution in [0, 0.1) is 0 Å². The summed E-state index contributed by atoms with van der Waals surface area (Å²) in [6.07, 6.45) is 6.64. The van der Waals surface area contributed by atoms with Crippen molar-refractivity contribution in [3.63, 3.8) is 0 Å². The van der Waals surface area contributed by atoms with Crippen LogP contribution in [0.3, 0.4) is 0 Å². The van der Waals surface area contributed by atoms with E-state index >= 15 is 0 Å². The second-order valence-electron chi connectivity index (χ2n) is 5.49. The number of hydrogen-bond acceptors (Lipinski definition) is 1. The SMILES string of the molecule is CN(C)P(=NC1CCCCC1)(N(C)C)N(C)C. The molecule has 0 aromatic heterocycles. The Balaban J connectivity index is 3.06. The molecular weight excluding hydrogens is 231 g/mol. The van der Waals surface area contributed by atoms with Crippen molar-refractivity contribution in [2.75, 3.05) is 42.3 Å². The molecule has 102 valence electrons. The van der Waals surface area contributed by atoms with Gasteiger partial charge in [0.2, 0.25) is 0 Å². The Bertz CT molecular complexity index is 252. The van der Waals surface area contributed by atoms with Crippen molar-refractivity contribution < 1.29 is 0 Å². The van der Waals surface area contributed by atoms with Crippen LogP contribution in [-0.2, 0) is 0 Å². The Labute approximate surface area is 107 Å². The second-order valence-corrected chi connectivity index (χ2v) is 9.19. The van der Waals surface area contributed by atoms with Gasteiger partial charge in [-0.15, -0.1) is 0 Å². The molecule has 4 nitrogen and oxygen atoms in total. The average Bonchev–Trinajstić information content (AvgIpc) is 2.25. The fourth-order valence-electron chi connectivity index (χ4n) is 2.80. The Kier molecular flexibility index (Phi) is 5.65. The highest BCUT2D eigenvalue weighted by Crippen LogP contribution is 2.56. The molecule has 17 heavy (non-hydrogen) atoms. The first-order valence-corrected chi connectivity index (χ1v) is 8.16. The van der Waals surface area contributed by atoms with Crippen LogP contribution >= 0.6 is 7.51 Å². The van der Waals surface area contributed by atoms with Gasteiger partial charge in [0.1, 0.15) is 0 Å². The van der Waals surface area contributed by atoms with Crippen molar-refractivity contribution in [3.05, 3.63) is 0 Å². The maximum atomic E-state index is 5.25. The minimum Gasteiger partial charge on any atom is -0.257 e. The Morgan fingerprint density at radius 2 is 1.18 bits per heavy atom. The molecule has 0 spiro atoms. The summed E-state index contributed by atoms with van der Waals surface area (Å²) in [5.74, 6) is 0. The lowest BCUT2D eigenvalue weighted by molar-refractivity contribution is 0.421. The van der Waals surface area contributed by atoms with Gasteiger partial charge >= 0.3 is 0 Å². The Morgan fingerprint density at radius 3 is 1.53 bits per heavy atom. The van der Waals surface area contributed by atoms with E-state index in [9.17, 15) is 0 Å². The topological polar surface area (TPSA) is 22.1 Å². The third-order valence-electron chi connectivity index (χ3n) is 3.50. The summed E-state index contributed by atoms with van der Waals surface area (Å²) in [5.41, 5.74) is 0. The van der Waals surface area contributed by atoms with Crippen molar-refractivity contribution >= 4 is 7.51 Å². The Hall–Kier alpha value is 0.110. The number of nitrogens with zero attached hydrogens (tertiary/aromatic N) is 4. The largest absolute Gasteiger partial charge is 0.257 e. The van der Waals surface area contributed by atoms with Gasteiger partial charge < -0.3 is 0 Å². The van der Waals surface area contributed by atoms with Crippen molar-refractivity contribution in [1.29, 1.82) is 0 Å². The van der Waals surface area contributed by atoms with Crippen molar-refractivity contribution in [2.24, 2.45) is 4.74 Å². The molecule has 1 aliphatic rings. The molecular formula is C12H29N4P. The Morgan fingerprint density at radius 1 is 0.765 bits per heavy atom. The van der Waals surface area contributed by atoms with Gasteiger partial charge in [0.25, 0.3) is 0 Å². The zero-order chi connectivity index (χ0) is 13.1. The molecule has 0 amide bonds. The second kappa shape index (κ2) is 6.33. The lowest BCUT2D eigenvalue weighted by Crippen LogP contribution is -2.32. The van der Waals surface area contributed by atoms with Gasteiger partial charge in [0.15, 0.2) is 7.51 Å². The minimum atomic E-state index is -1.66.